The van der Waals surface area contributed by atoms with Crippen molar-refractivity contribution in [3.8, 4) is 0 Å². The number of benzene rings is 1. The number of nitrogen functional groups attached to an aromatic ring is 1. The maximum atomic E-state index is 10.6. The van der Waals surface area contributed by atoms with Crippen molar-refractivity contribution in [1.82, 2.24) is 0 Å². The average Bonchev–Trinajstić information content (AvgIpc) is 2.36. The lowest BCUT2D eigenvalue weighted by atomic mass is 10.1. The van der Waals surface area contributed by atoms with Crippen LogP contribution >= 0.6 is 0 Å². The highest BCUT2D eigenvalue weighted by Crippen LogP contribution is 2.17. The van der Waals surface area contributed by atoms with Gasteiger partial charge < -0.3 is 16.2 Å². The normalized spacial score (nSPS) is 7.76. The number of hydrogen-bond donors (Lipinski definition) is 3. The number of nitrogens with one attached hydrogen (secondary N) is 1. The summed E-state index contributed by atoms with van der Waals surface area (Å²) in [4.78, 5) is 20.6. The minimum absolute atomic E-state index is 0.0214. The zero-order valence-corrected chi connectivity index (χ0v) is 10.7. The molecule has 1 amide bonds. The Morgan fingerprint density at radius 2 is 1.82 bits per heavy atom. The molecule has 0 aliphatic carbocycles. The summed E-state index contributed by atoms with van der Waals surface area (Å²) in [6, 6.07) is 4.25. The second-order valence-electron chi connectivity index (χ2n) is 2.37. The van der Waals surface area contributed by atoms with Crippen molar-refractivity contribution in [2.75, 3.05) is 11.1 Å². The maximum Gasteiger partial charge on any atom is 0.337 e. The van der Waals surface area contributed by atoms with Gasteiger partial charge in [-0.1, -0.05) is 27.7 Å². The number of anilines is 2. The van der Waals surface area contributed by atoms with Gasteiger partial charge in [0.05, 0.1) is 5.56 Å². The van der Waals surface area contributed by atoms with Crippen molar-refractivity contribution < 1.29 is 14.7 Å². The van der Waals surface area contributed by atoms with Crippen molar-refractivity contribution in [2.45, 2.75) is 27.7 Å². The molecule has 96 valence electrons. The molecule has 4 N–H and O–H groups in total. The van der Waals surface area contributed by atoms with E-state index in [0.29, 0.717) is 12.1 Å². The van der Waals surface area contributed by atoms with Gasteiger partial charge in [0.1, 0.15) is 0 Å². The Balaban J connectivity index is 0. The highest BCUT2D eigenvalue weighted by Gasteiger charge is 2.07. The molecule has 0 saturated heterocycles. The number of carboxylic acids is 1. The fraction of sp³-hybridized carbons (Fsp3) is 0.333. The SMILES string of the molecule is CC.CC.Nc1ccc(NC=O)cc1C(=O)O. The third kappa shape index (κ3) is 6.19. The molecule has 0 spiro atoms. The van der Waals surface area contributed by atoms with E-state index >= 15 is 0 Å². The van der Waals surface area contributed by atoms with Crippen LogP contribution in [0.4, 0.5) is 11.4 Å². The molecule has 0 unspecified atom stereocenters. The van der Waals surface area contributed by atoms with Crippen LogP contribution < -0.4 is 11.1 Å². The Hall–Kier alpha value is -2.04. The first-order valence-electron chi connectivity index (χ1n) is 5.48. The molecule has 5 nitrogen and oxygen atoms in total. The first-order valence-corrected chi connectivity index (χ1v) is 5.48. The summed E-state index contributed by atoms with van der Waals surface area (Å²) >= 11 is 0. The van der Waals surface area contributed by atoms with Crippen LogP contribution in [0.3, 0.4) is 0 Å². The van der Waals surface area contributed by atoms with Crippen LogP contribution in [-0.2, 0) is 4.79 Å². The quantitative estimate of drug-likeness (QED) is 0.559. The van der Waals surface area contributed by atoms with Gasteiger partial charge in [-0.3, -0.25) is 4.79 Å². The Kier molecular flexibility index (Phi) is 10.7. The van der Waals surface area contributed by atoms with E-state index in [0.717, 1.165) is 0 Å². The van der Waals surface area contributed by atoms with Crippen LogP contribution in [0.15, 0.2) is 18.2 Å². The number of carboxylic acid groups (broad SMARTS) is 1. The number of nitrogens with two attached hydrogens (primary N) is 1. The van der Waals surface area contributed by atoms with Crippen LogP contribution in [0.2, 0.25) is 0 Å². The Bertz CT molecular complexity index is 352. The van der Waals surface area contributed by atoms with Crippen LogP contribution in [0.5, 0.6) is 0 Å². The van der Waals surface area contributed by atoms with Crippen molar-refractivity contribution in [3.05, 3.63) is 23.8 Å². The van der Waals surface area contributed by atoms with E-state index in [-0.39, 0.29) is 11.3 Å². The second kappa shape index (κ2) is 10.5. The van der Waals surface area contributed by atoms with E-state index in [4.69, 9.17) is 10.8 Å². The number of amides is 1. The van der Waals surface area contributed by atoms with Crippen LogP contribution in [0, 0.1) is 0 Å². The third-order valence-corrected chi connectivity index (χ3v) is 1.51. The number of carbonyl (C=O) groups is 2. The topological polar surface area (TPSA) is 92.4 Å². The minimum atomic E-state index is -1.12. The summed E-state index contributed by atoms with van der Waals surface area (Å²) in [6.45, 7) is 8.00. The molecule has 0 heterocycles. The average molecular weight is 240 g/mol. The number of rotatable bonds is 3. The second-order valence-corrected chi connectivity index (χ2v) is 2.37. The van der Waals surface area contributed by atoms with E-state index in [1.54, 1.807) is 0 Å². The van der Waals surface area contributed by atoms with E-state index in [9.17, 15) is 9.59 Å². The van der Waals surface area contributed by atoms with Crippen molar-refractivity contribution >= 4 is 23.8 Å². The molecule has 17 heavy (non-hydrogen) atoms. The molecule has 5 heteroatoms. The zero-order valence-electron chi connectivity index (χ0n) is 10.7. The summed E-state index contributed by atoms with van der Waals surface area (Å²) in [5.41, 5.74) is 5.94. The molecule has 1 aromatic carbocycles. The van der Waals surface area contributed by atoms with Crippen LogP contribution in [-0.4, -0.2) is 17.5 Å². The molecule has 0 radical (unpaired) electrons. The van der Waals surface area contributed by atoms with Gasteiger partial charge in [-0.2, -0.15) is 0 Å². The van der Waals surface area contributed by atoms with E-state index in [1.807, 2.05) is 27.7 Å². The van der Waals surface area contributed by atoms with E-state index in [1.165, 1.54) is 18.2 Å². The molecule has 0 bridgehead atoms. The molecular weight excluding hydrogens is 220 g/mol. The van der Waals surface area contributed by atoms with Gasteiger partial charge in [0.2, 0.25) is 6.41 Å². The van der Waals surface area contributed by atoms with Gasteiger partial charge in [-0.15, -0.1) is 0 Å². The lowest BCUT2D eigenvalue weighted by Crippen LogP contribution is -2.04. The third-order valence-electron chi connectivity index (χ3n) is 1.51. The molecule has 1 rings (SSSR count). The highest BCUT2D eigenvalue weighted by atomic mass is 16.4. The Labute approximate surface area is 102 Å². The first kappa shape index (κ1) is 17.4. The van der Waals surface area contributed by atoms with Gasteiger partial charge in [0.15, 0.2) is 0 Å². The molecule has 0 fully saturated rings. The molecule has 1 aromatic rings. The van der Waals surface area contributed by atoms with E-state index in [2.05, 4.69) is 5.32 Å². The molecule has 0 aliphatic rings. The summed E-state index contributed by atoms with van der Waals surface area (Å²) in [5.74, 6) is -1.12. The lowest BCUT2D eigenvalue weighted by molar-refractivity contribution is -0.105. The summed E-state index contributed by atoms with van der Waals surface area (Å²) in [7, 11) is 0. The van der Waals surface area contributed by atoms with E-state index < -0.39 is 5.97 Å². The molecule has 0 aliphatic heterocycles. The minimum Gasteiger partial charge on any atom is -0.478 e. The van der Waals surface area contributed by atoms with Crippen molar-refractivity contribution in [1.29, 1.82) is 0 Å². The molecular formula is C12H20N2O3. The van der Waals surface area contributed by atoms with Crippen molar-refractivity contribution in [3.63, 3.8) is 0 Å². The summed E-state index contributed by atoms with van der Waals surface area (Å²) < 4.78 is 0. The van der Waals surface area contributed by atoms with Gasteiger partial charge in [0, 0.05) is 11.4 Å². The monoisotopic (exact) mass is 240 g/mol. The number of aromatic carboxylic acids is 1. The standard InChI is InChI=1S/C8H8N2O3.2C2H6/c9-7-2-1-5(10-4-11)3-6(7)8(12)13;2*1-2/h1-4H,9H2,(H,10,11)(H,12,13);2*1-2H3. The number of carbonyl (C=O) groups excluding carboxylic acids is 1. The Morgan fingerprint density at radius 1 is 1.29 bits per heavy atom. The van der Waals surface area contributed by atoms with Crippen LogP contribution in [0.1, 0.15) is 38.1 Å². The van der Waals surface area contributed by atoms with Gasteiger partial charge in [-0.05, 0) is 18.2 Å². The van der Waals surface area contributed by atoms with Gasteiger partial charge >= 0.3 is 5.97 Å². The van der Waals surface area contributed by atoms with Gasteiger partial charge in [-0.25, -0.2) is 4.79 Å². The largest absolute Gasteiger partial charge is 0.478 e. The van der Waals surface area contributed by atoms with Crippen molar-refractivity contribution in [2.24, 2.45) is 0 Å². The first-order chi connectivity index (χ1) is 8.15. The van der Waals surface area contributed by atoms with Gasteiger partial charge in [0.25, 0.3) is 0 Å². The summed E-state index contributed by atoms with van der Waals surface area (Å²) in [6.07, 6.45) is 0.469. The summed E-state index contributed by atoms with van der Waals surface area (Å²) in [5, 5.41) is 11.0. The fourth-order valence-corrected chi connectivity index (χ4v) is 0.899. The smallest absolute Gasteiger partial charge is 0.337 e. The predicted molar refractivity (Wildman–Crippen MR) is 70.2 cm³/mol. The maximum absolute atomic E-state index is 10.6. The molecule has 0 saturated carbocycles. The molecule has 0 atom stereocenters. The zero-order chi connectivity index (χ0) is 13.8. The Morgan fingerprint density at radius 3 is 2.24 bits per heavy atom. The fourth-order valence-electron chi connectivity index (χ4n) is 0.899. The highest BCUT2D eigenvalue weighted by molar-refractivity contribution is 5.95. The predicted octanol–water partition coefficient (Wildman–Crippen LogP) is 2.59. The van der Waals surface area contributed by atoms with Crippen LogP contribution in [0.25, 0.3) is 0 Å². The lowest BCUT2D eigenvalue weighted by Gasteiger charge is -2.03. The number of hydrogen-bond acceptors (Lipinski definition) is 3. The molecule has 0 aromatic heterocycles.